The molecular weight excluding hydrogens is 269 g/mol. The summed E-state index contributed by atoms with van der Waals surface area (Å²) in [4.78, 5) is 13.2. The second kappa shape index (κ2) is 4.54. The predicted molar refractivity (Wildman–Crippen MR) is 68.1 cm³/mol. The number of carbonyl (C=O) groups is 1. The zero-order chi connectivity index (χ0) is 14.3. The number of carbonyl (C=O) groups excluding carboxylic acids is 1. The molecule has 1 unspecified atom stereocenters. The topological polar surface area (TPSA) is 32.3 Å². The summed E-state index contributed by atoms with van der Waals surface area (Å²) in [5.74, 6) is 0.440. The van der Waals surface area contributed by atoms with Crippen molar-refractivity contribution >= 4 is 11.7 Å². The summed E-state index contributed by atoms with van der Waals surface area (Å²) in [6.45, 7) is 0. The molecule has 1 aromatic carbocycles. The van der Waals surface area contributed by atoms with E-state index in [1.807, 2.05) is 11.4 Å². The zero-order valence-electron chi connectivity index (χ0n) is 10.5. The molecule has 2 aliphatic rings. The quantitative estimate of drug-likeness (QED) is 0.880. The molecule has 1 aromatic rings. The molecule has 1 fully saturated rings. The van der Waals surface area contributed by atoms with Gasteiger partial charge in [0.2, 0.25) is 0 Å². The highest BCUT2D eigenvalue weighted by atomic mass is 19.4. The summed E-state index contributed by atoms with van der Waals surface area (Å²) in [5.41, 5.74) is 0.357. The molecule has 1 aliphatic carbocycles. The van der Waals surface area contributed by atoms with E-state index in [0.29, 0.717) is 5.92 Å². The van der Waals surface area contributed by atoms with Gasteiger partial charge in [-0.25, -0.2) is 4.79 Å². The SMILES string of the molecule is O=C1NC(C(F)(F)F)c2ccccc2N1C=CC1CC1. The number of benzene rings is 1. The van der Waals surface area contributed by atoms with Crippen molar-refractivity contribution in [1.29, 1.82) is 0 Å². The van der Waals surface area contributed by atoms with E-state index in [2.05, 4.69) is 0 Å². The molecular formula is C14H13F3N2O. The maximum atomic E-state index is 13.0. The third-order valence-electron chi connectivity index (χ3n) is 3.45. The number of hydrogen-bond donors (Lipinski definition) is 1. The summed E-state index contributed by atoms with van der Waals surface area (Å²) in [6.07, 6.45) is 1.07. The van der Waals surface area contributed by atoms with Gasteiger partial charge in [-0.15, -0.1) is 0 Å². The van der Waals surface area contributed by atoms with Gasteiger partial charge >= 0.3 is 12.2 Å². The first-order valence-corrected chi connectivity index (χ1v) is 6.40. The fourth-order valence-corrected chi connectivity index (χ4v) is 2.23. The van der Waals surface area contributed by atoms with Crippen molar-refractivity contribution in [3.05, 3.63) is 42.1 Å². The predicted octanol–water partition coefficient (Wildman–Crippen LogP) is 3.74. The number of fused-ring (bicyclic) bond motifs is 1. The lowest BCUT2D eigenvalue weighted by atomic mass is 10.0. The minimum absolute atomic E-state index is 0.0695. The van der Waals surface area contributed by atoms with Gasteiger partial charge in [0, 0.05) is 11.8 Å². The lowest BCUT2D eigenvalue weighted by molar-refractivity contribution is -0.155. The van der Waals surface area contributed by atoms with Crippen LogP contribution in [0.2, 0.25) is 0 Å². The Bertz CT molecular complexity index is 564. The second-order valence-electron chi connectivity index (χ2n) is 5.03. The van der Waals surface area contributed by atoms with E-state index in [1.54, 1.807) is 12.3 Å². The van der Waals surface area contributed by atoms with Gasteiger partial charge in [-0.05, 0) is 24.8 Å². The van der Waals surface area contributed by atoms with Crippen LogP contribution in [0.4, 0.5) is 23.7 Å². The molecule has 1 saturated carbocycles. The molecule has 6 heteroatoms. The van der Waals surface area contributed by atoms with Crippen LogP contribution in [0, 0.1) is 5.92 Å². The van der Waals surface area contributed by atoms with Crippen molar-refractivity contribution in [3.63, 3.8) is 0 Å². The molecule has 3 rings (SSSR count). The Hall–Kier alpha value is -1.98. The summed E-state index contributed by atoms with van der Waals surface area (Å²) >= 11 is 0. The third-order valence-corrected chi connectivity index (χ3v) is 3.45. The maximum Gasteiger partial charge on any atom is 0.413 e. The van der Waals surface area contributed by atoms with Gasteiger partial charge < -0.3 is 5.32 Å². The molecule has 0 radical (unpaired) electrons. The zero-order valence-corrected chi connectivity index (χ0v) is 10.5. The third kappa shape index (κ3) is 2.37. The van der Waals surface area contributed by atoms with Crippen LogP contribution in [-0.4, -0.2) is 12.2 Å². The fraction of sp³-hybridized carbons (Fsp3) is 0.357. The number of para-hydroxylation sites is 1. The molecule has 1 atom stereocenters. The summed E-state index contributed by atoms with van der Waals surface area (Å²) in [5, 5.41) is 2.02. The molecule has 3 nitrogen and oxygen atoms in total. The molecule has 0 bridgehead atoms. The Kier molecular flexibility index (Phi) is 2.96. The normalized spacial score (nSPS) is 22.9. The number of allylic oxidation sites excluding steroid dienone is 1. The largest absolute Gasteiger partial charge is 0.413 e. The van der Waals surface area contributed by atoms with Crippen LogP contribution >= 0.6 is 0 Å². The number of hydrogen-bond acceptors (Lipinski definition) is 1. The van der Waals surface area contributed by atoms with Crippen LogP contribution in [0.25, 0.3) is 0 Å². The highest BCUT2D eigenvalue weighted by molar-refractivity contribution is 5.97. The summed E-state index contributed by atoms with van der Waals surface area (Å²) < 4.78 is 39.0. The van der Waals surface area contributed by atoms with Gasteiger partial charge in [-0.3, -0.25) is 4.90 Å². The number of alkyl halides is 3. The number of anilines is 1. The van der Waals surface area contributed by atoms with Crippen molar-refractivity contribution in [1.82, 2.24) is 5.32 Å². The van der Waals surface area contributed by atoms with Gasteiger partial charge in [0.25, 0.3) is 0 Å². The van der Waals surface area contributed by atoms with Gasteiger partial charge in [0.1, 0.15) is 0 Å². The fourth-order valence-electron chi connectivity index (χ4n) is 2.23. The monoisotopic (exact) mass is 282 g/mol. The van der Waals surface area contributed by atoms with Crippen molar-refractivity contribution in [2.45, 2.75) is 25.1 Å². The minimum atomic E-state index is -4.50. The highest BCUT2D eigenvalue weighted by Gasteiger charge is 2.46. The standard InChI is InChI=1S/C14H13F3N2O/c15-14(16,17)12-10-3-1-2-4-11(10)19(13(20)18-12)8-7-9-5-6-9/h1-4,7-9,12H,5-6H2,(H,18,20). The number of urea groups is 1. The Morgan fingerprint density at radius 3 is 2.60 bits per heavy atom. The van der Waals surface area contributed by atoms with Crippen molar-refractivity contribution in [2.75, 3.05) is 4.90 Å². The molecule has 1 N–H and O–H groups in total. The number of nitrogens with zero attached hydrogens (tertiary/aromatic N) is 1. The van der Waals surface area contributed by atoms with Crippen LogP contribution in [0.1, 0.15) is 24.4 Å². The van der Waals surface area contributed by atoms with Crippen molar-refractivity contribution in [2.24, 2.45) is 5.92 Å². The molecule has 0 saturated heterocycles. The van der Waals surface area contributed by atoms with E-state index < -0.39 is 18.2 Å². The lowest BCUT2D eigenvalue weighted by Crippen LogP contribution is -2.48. The molecule has 20 heavy (non-hydrogen) atoms. The molecule has 106 valence electrons. The molecule has 0 spiro atoms. The average Bonchev–Trinajstić information content (AvgIpc) is 3.20. The number of rotatable bonds is 2. The Morgan fingerprint density at radius 1 is 1.25 bits per heavy atom. The van der Waals surface area contributed by atoms with Crippen molar-refractivity contribution < 1.29 is 18.0 Å². The van der Waals surface area contributed by atoms with Crippen LogP contribution in [0.5, 0.6) is 0 Å². The van der Waals surface area contributed by atoms with E-state index in [0.717, 1.165) is 12.8 Å². The van der Waals surface area contributed by atoms with E-state index in [-0.39, 0.29) is 11.3 Å². The smallest absolute Gasteiger partial charge is 0.322 e. The number of amides is 2. The first-order chi connectivity index (χ1) is 9.47. The van der Waals surface area contributed by atoms with Crippen LogP contribution < -0.4 is 10.2 Å². The minimum Gasteiger partial charge on any atom is -0.322 e. The molecule has 0 aromatic heterocycles. The first kappa shape index (κ1) is 13.0. The van der Waals surface area contributed by atoms with E-state index in [4.69, 9.17) is 0 Å². The maximum absolute atomic E-state index is 13.0. The first-order valence-electron chi connectivity index (χ1n) is 6.40. The van der Waals surface area contributed by atoms with Crippen LogP contribution in [0.3, 0.4) is 0 Å². The van der Waals surface area contributed by atoms with Crippen LogP contribution in [0.15, 0.2) is 36.5 Å². The Balaban J connectivity index is 1.99. The number of nitrogens with one attached hydrogen (secondary N) is 1. The Labute approximate surface area is 114 Å². The summed E-state index contributed by atoms with van der Waals surface area (Å²) in [6, 6.07) is 3.40. The van der Waals surface area contributed by atoms with Gasteiger partial charge in [-0.1, -0.05) is 24.3 Å². The summed E-state index contributed by atoms with van der Waals surface area (Å²) in [7, 11) is 0. The average molecular weight is 282 g/mol. The molecule has 1 aliphatic heterocycles. The van der Waals surface area contributed by atoms with Gasteiger partial charge in [-0.2, -0.15) is 13.2 Å². The van der Waals surface area contributed by atoms with Crippen LogP contribution in [-0.2, 0) is 0 Å². The van der Waals surface area contributed by atoms with E-state index in [9.17, 15) is 18.0 Å². The van der Waals surface area contributed by atoms with E-state index in [1.165, 1.54) is 23.1 Å². The highest BCUT2D eigenvalue weighted by Crippen LogP contribution is 2.40. The second-order valence-corrected chi connectivity index (χ2v) is 5.03. The number of halogens is 3. The molecule has 1 heterocycles. The van der Waals surface area contributed by atoms with E-state index >= 15 is 0 Å². The Morgan fingerprint density at radius 2 is 1.95 bits per heavy atom. The van der Waals surface area contributed by atoms with Gasteiger partial charge in [0.15, 0.2) is 6.04 Å². The lowest BCUT2D eigenvalue weighted by Gasteiger charge is -2.34. The van der Waals surface area contributed by atoms with Crippen molar-refractivity contribution in [3.8, 4) is 0 Å². The molecule has 2 amide bonds. The van der Waals surface area contributed by atoms with Gasteiger partial charge in [0.05, 0.1) is 5.69 Å².